The average molecular weight is 344 g/mol. The van der Waals surface area contributed by atoms with Crippen LogP contribution in [0.15, 0.2) is 30.0 Å². The molecule has 1 N–H and O–H groups in total. The summed E-state index contributed by atoms with van der Waals surface area (Å²) in [6, 6.07) is 4.80. The number of carbonyl (C=O) groups is 3. The molecule has 0 unspecified atom stereocenters. The van der Waals surface area contributed by atoms with Gasteiger partial charge in [-0.2, -0.15) is 0 Å². The number of hydrogen-bond donors (Lipinski definition) is 1. The van der Waals surface area contributed by atoms with Gasteiger partial charge in [-0.3, -0.25) is 19.3 Å². The second-order valence-electron chi connectivity index (χ2n) is 5.91. The molecule has 25 heavy (non-hydrogen) atoms. The molecule has 0 bridgehead atoms. The van der Waals surface area contributed by atoms with E-state index in [4.69, 9.17) is 9.47 Å². The molecular formula is C18H20N2O5. The first kappa shape index (κ1) is 17.3. The van der Waals surface area contributed by atoms with E-state index in [1.165, 1.54) is 13.0 Å². The molecule has 1 aliphatic carbocycles. The van der Waals surface area contributed by atoms with Crippen molar-refractivity contribution in [1.29, 1.82) is 0 Å². The molecule has 7 nitrogen and oxygen atoms in total. The Balaban J connectivity index is 1.72. The van der Waals surface area contributed by atoms with Crippen LogP contribution < -0.4 is 5.32 Å². The van der Waals surface area contributed by atoms with Gasteiger partial charge < -0.3 is 14.8 Å². The van der Waals surface area contributed by atoms with Crippen LogP contribution in [0.5, 0.6) is 0 Å². The SMILES string of the molecule is CC(=O)Nc1cccc2c1C(=O)C(OCCN1CCOCC1)=CC2=O. The molecule has 0 spiro atoms. The van der Waals surface area contributed by atoms with Gasteiger partial charge in [-0.25, -0.2) is 0 Å². The van der Waals surface area contributed by atoms with Gasteiger partial charge >= 0.3 is 0 Å². The molecule has 1 saturated heterocycles. The lowest BCUT2D eigenvalue weighted by molar-refractivity contribution is -0.114. The Hall–Kier alpha value is -2.51. The molecule has 0 atom stereocenters. The van der Waals surface area contributed by atoms with E-state index in [0.717, 1.165) is 13.1 Å². The molecule has 1 fully saturated rings. The van der Waals surface area contributed by atoms with E-state index in [2.05, 4.69) is 10.2 Å². The first-order valence-electron chi connectivity index (χ1n) is 8.20. The maximum absolute atomic E-state index is 12.7. The van der Waals surface area contributed by atoms with Crippen LogP contribution in [0.3, 0.4) is 0 Å². The number of nitrogens with zero attached hydrogens (tertiary/aromatic N) is 1. The van der Waals surface area contributed by atoms with Crippen molar-refractivity contribution in [2.45, 2.75) is 6.92 Å². The molecule has 1 heterocycles. The van der Waals surface area contributed by atoms with Gasteiger partial charge in [0.15, 0.2) is 11.5 Å². The Morgan fingerprint density at radius 3 is 2.76 bits per heavy atom. The number of ether oxygens (including phenoxy) is 2. The minimum atomic E-state index is -0.388. The van der Waals surface area contributed by atoms with Crippen LogP contribution in [0.4, 0.5) is 5.69 Å². The molecule has 1 amide bonds. The van der Waals surface area contributed by atoms with Crippen LogP contribution in [0.1, 0.15) is 27.6 Å². The number of ketones is 2. The molecule has 1 aromatic carbocycles. The first-order chi connectivity index (χ1) is 12.1. The zero-order valence-electron chi connectivity index (χ0n) is 14.0. The standard InChI is InChI=1S/C18H20N2O5/c1-12(21)19-14-4-2-3-13-15(22)11-16(18(23)17(13)14)25-10-7-20-5-8-24-9-6-20/h2-4,11H,5-10H2,1H3,(H,19,21). The summed E-state index contributed by atoms with van der Waals surface area (Å²) in [6.07, 6.45) is 1.22. The van der Waals surface area contributed by atoms with Crippen LogP contribution in [0.2, 0.25) is 0 Å². The summed E-state index contributed by atoms with van der Waals surface area (Å²) in [7, 11) is 0. The minimum absolute atomic E-state index is 0.0172. The smallest absolute Gasteiger partial charge is 0.230 e. The van der Waals surface area contributed by atoms with Gasteiger partial charge in [-0.15, -0.1) is 0 Å². The van der Waals surface area contributed by atoms with Crippen LogP contribution in [0.25, 0.3) is 0 Å². The topological polar surface area (TPSA) is 84.9 Å². The molecule has 0 aromatic heterocycles. The Morgan fingerprint density at radius 2 is 2.04 bits per heavy atom. The summed E-state index contributed by atoms with van der Waals surface area (Å²) in [5.41, 5.74) is 0.786. The highest BCUT2D eigenvalue weighted by Crippen LogP contribution is 2.28. The van der Waals surface area contributed by atoms with Gasteiger partial charge in [-0.05, 0) is 6.07 Å². The van der Waals surface area contributed by atoms with Crippen molar-refractivity contribution in [1.82, 2.24) is 4.90 Å². The van der Waals surface area contributed by atoms with Crippen molar-refractivity contribution in [2.75, 3.05) is 44.8 Å². The lowest BCUT2D eigenvalue weighted by Gasteiger charge is -2.26. The van der Waals surface area contributed by atoms with Crippen molar-refractivity contribution >= 4 is 23.2 Å². The van der Waals surface area contributed by atoms with Gasteiger partial charge in [0.1, 0.15) is 6.61 Å². The second kappa shape index (κ2) is 7.58. The van der Waals surface area contributed by atoms with E-state index in [1.807, 2.05) is 0 Å². The summed E-state index contributed by atoms with van der Waals surface area (Å²) in [5.74, 6) is -0.981. The lowest BCUT2D eigenvalue weighted by atomic mass is 9.92. The molecule has 0 radical (unpaired) electrons. The Morgan fingerprint density at radius 1 is 1.28 bits per heavy atom. The zero-order valence-corrected chi connectivity index (χ0v) is 14.0. The molecule has 0 saturated carbocycles. The summed E-state index contributed by atoms with van der Waals surface area (Å²) >= 11 is 0. The van der Waals surface area contributed by atoms with Gasteiger partial charge in [-0.1, -0.05) is 12.1 Å². The molecule has 132 valence electrons. The van der Waals surface area contributed by atoms with Crippen molar-refractivity contribution in [3.8, 4) is 0 Å². The summed E-state index contributed by atoms with van der Waals surface area (Å²) in [6.45, 7) is 5.34. The monoisotopic (exact) mass is 344 g/mol. The van der Waals surface area contributed by atoms with E-state index in [-0.39, 0.29) is 34.4 Å². The number of morpholine rings is 1. The Bertz CT molecular complexity index is 735. The molecule has 1 aliphatic heterocycles. The fraction of sp³-hybridized carbons (Fsp3) is 0.389. The van der Waals surface area contributed by atoms with E-state index in [1.54, 1.807) is 18.2 Å². The third-order valence-corrected chi connectivity index (χ3v) is 4.12. The van der Waals surface area contributed by atoms with Crippen molar-refractivity contribution < 1.29 is 23.9 Å². The number of hydrogen-bond acceptors (Lipinski definition) is 6. The van der Waals surface area contributed by atoms with Gasteiger partial charge in [0.2, 0.25) is 11.7 Å². The fourth-order valence-electron chi connectivity index (χ4n) is 2.90. The van der Waals surface area contributed by atoms with E-state index < -0.39 is 0 Å². The maximum Gasteiger partial charge on any atom is 0.230 e. The van der Waals surface area contributed by atoms with Gasteiger partial charge in [0.05, 0.1) is 24.5 Å². The molecular weight excluding hydrogens is 324 g/mol. The third kappa shape index (κ3) is 3.94. The van der Waals surface area contributed by atoms with Crippen molar-refractivity contribution in [3.05, 3.63) is 41.2 Å². The Kier molecular flexibility index (Phi) is 5.25. The van der Waals surface area contributed by atoms with E-state index in [9.17, 15) is 14.4 Å². The van der Waals surface area contributed by atoms with E-state index in [0.29, 0.717) is 32.1 Å². The third-order valence-electron chi connectivity index (χ3n) is 4.12. The molecule has 3 rings (SSSR count). The quantitative estimate of drug-likeness (QED) is 0.865. The number of Topliss-reactive ketones (excluding diaryl/α,β-unsaturated/α-hetero) is 1. The summed E-state index contributed by atoms with van der Waals surface area (Å²) in [5, 5.41) is 2.60. The highest BCUT2D eigenvalue weighted by molar-refractivity contribution is 6.26. The zero-order chi connectivity index (χ0) is 17.8. The predicted molar refractivity (Wildman–Crippen MR) is 90.7 cm³/mol. The summed E-state index contributed by atoms with van der Waals surface area (Å²) < 4.78 is 10.9. The number of anilines is 1. The highest BCUT2D eigenvalue weighted by atomic mass is 16.5. The van der Waals surface area contributed by atoms with Gasteiger partial charge in [0, 0.05) is 38.2 Å². The van der Waals surface area contributed by atoms with Crippen LogP contribution in [-0.2, 0) is 14.3 Å². The first-order valence-corrected chi connectivity index (χ1v) is 8.20. The molecule has 1 aromatic rings. The van der Waals surface area contributed by atoms with Crippen LogP contribution >= 0.6 is 0 Å². The number of benzene rings is 1. The number of fused-ring (bicyclic) bond motifs is 1. The van der Waals surface area contributed by atoms with Crippen LogP contribution in [-0.4, -0.2) is 61.8 Å². The molecule has 2 aliphatic rings. The lowest BCUT2D eigenvalue weighted by Crippen LogP contribution is -2.38. The minimum Gasteiger partial charge on any atom is -0.488 e. The van der Waals surface area contributed by atoms with Crippen molar-refractivity contribution in [2.24, 2.45) is 0 Å². The largest absolute Gasteiger partial charge is 0.488 e. The number of rotatable bonds is 5. The van der Waals surface area contributed by atoms with Gasteiger partial charge in [0.25, 0.3) is 0 Å². The number of amides is 1. The van der Waals surface area contributed by atoms with Crippen LogP contribution in [0, 0.1) is 0 Å². The van der Waals surface area contributed by atoms with E-state index >= 15 is 0 Å². The number of nitrogens with one attached hydrogen (secondary N) is 1. The normalized spacial score (nSPS) is 17.7. The predicted octanol–water partition coefficient (Wildman–Crippen LogP) is 1.26. The van der Waals surface area contributed by atoms with Crippen molar-refractivity contribution in [3.63, 3.8) is 0 Å². The maximum atomic E-state index is 12.7. The number of carbonyl (C=O) groups excluding carboxylic acids is 3. The number of allylic oxidation sites excluding steroid dienone is 2. The highest BCUT2D eigenvalue weighted by Gasteiger charge is 2.29. The fourth-order valence-corrected chi connectivity index (χ4v) is 2.90. The second-order valence-corrected chi connectivity index (χ2v) is 5.91. The molecule has 7 heteroatoms. The average Bonchev–Trinajstić information content (AvgIpc) is 2.59. The Labute approximate surface area is 145 Å². The summed E-state index contributed by atoms with van der Waals surface area (Å²) in [4.78, 5) is 38.5.